The number of carbonyl (C=O) groups is 2. The first kappa shape index (κ1) is 23.6. The zero-order valence-corrected chi connectivity index (χ0v) is 20.6. The molecule has 35 heavy (non-hydrogen) atoms. The molecular formula is C29H36N4O2. The average Bonchev–Trinajstić information content (AvgIpc) is 3.25. The molecule has 6 nitrogen and oxygen atoms in total. The van der Waals surface area contributed by atoms with Gasteiger partial charge in [-0.3, -0.25) is 9.59 Å². The van der Waals surface area contributed by atoms with Gasteiger partial charge >= 0.3 is 0 Å². The number of benzene rings is 2. The second-order valence-electron chi connectivity index (χ2n) is 10.2. The molecule has 0 bridgehead atoms. The van der Waals surface area contributed by atoms with Crippen LogP contribution in [-0.2, 0) is 9.59 Å². The molecule has 2 saturated carbocycles. The molecule has 2 aliphatic carbocycles. The highest BCUT2D eigenvalue weighted by Crippen LogP contribution is 2.38. The minimum atomic E-state index is -0.283. The Morgan fingerprint density at radius 2 is 1.54 bits per heavy atom. The van der Waals surface area contributed by atoms with Crippen LogP contribution in [0.1, 0.15) is 77.2 Å². The normalized spacial score (nSPS) is 18.3. The van der Waals surface area contributed by atoms with E-state index in [-0.39, 0.29) is 23.9 Å². The fourth-order valence-electron chi connectivity index (χ4n) is 5.96. The van der Waals surface area contributed by atoms with Crippen LogP contribution in [0.15, 0.2) is 48.5 Å². The number of carbonyl (C=O) groups excluding carboxylic acids is 2. The Morgan fingerprint density at radius 3 is 2.23 bits per heavy atom. The zero-order chi connectivity index (χ0) is 24.2. The smallest absolute Gasteiger partial charge is 0.243 e. The van der Waals surface area contributed by atoms with Crippen molar-refractivity contribution in [1.29, 1.82) is 0 Å². The molecule has 6 heteroatoms. The molecule has 0 saturated heterocycles. The average molecular weight is 473 g/mol. The topological polar surface area (TPSA) is 76.0 Å². The van der Waals surface area contributed by atoms with Crippen molar-refractivity contribution in [2.45, 2.75) is 83.2 Å². The van der Waals surface area contributed by atoms with Crippen molar-refractivity contribution in [3.63, 3.8) is 0 Å². The quantitative estimate of drug-likeness (QED) is 0.446. The summed E-state index contributed by atoms with van der Waals surface area (Å²) in [7, 11) is 0. The molecule has 0 aliphatic heterocycles. The van der Waals surface area contributed by atoms with Gasteiger partial charge in [-0.1, -0.05) is 50.7 Å². The number of anilines is 1. The second-order valence-corrected chi connectivity index (χ2v) is 10.2. The van der Waals surface area contributed by atoms with E-state index in [1.807, 2.05) is 42.5 Å². The molecule has 2 N–H and O–H groups in total. The molecule has 2 aliphatic rings. The molecule has 2 amide bonds. The van der Waals surface area contributed by atoms with Gasteiger partial charge in [0.25, 0.3) is 0 Å². The monoisotopic (exact) mass is 472 g/mol. The summed E-state index contributed by atoms with van der Waals surface area (Å²) < 4.78 is 2.21. The minimum Gasteiger partial charge on any atom is -0.352 e. The highest BCUT2D eigenvalue weighted by Gasteiger charge is 2.35. The number of amides is 2. The van der Waals surface area contributed by atoms with E-state index in [0.29, 0.717) is 5.92 Å². The number of para-hydroxylation sites is 2. The van der Waals surface area contributed by atoms with Gasteiger partial charge in [0.1, 0.15) is 11.9 Å². The SMILES string of the molecule is CC(=O)Nc1ccc(-c2nc3ccccc3n2C(C(=O)NC2CCCCC2)C2CCCCC2)cc1. The number of hydrogen-bond acceptors (Lipinski definition) is 3. The van der Waals surface area contributed by atoms with Crippen LogP contribution < -0.4 is 10.6 Å². The van der Waals surface area contributed by atoms with Crippen molar-refractivity contribution < 1.29 is 9.59 Å². The van der Waals surface area contributed by atoms with E-state index in [1.54, 1.807) is 0 Å². The molecule has 5 rings (SSSR count). The summed E-state index contributed by atoms with van der Waals surface area (Å²) in [4.78, 5) is 30.5. The Balaban J connectivity index is 1.57. The van der Waals surface area contributed by atoms with Gasteiger partial charge in [-0.05, 0) is 68.0 Å². The molecule has 0 radical (unpaired) electrons. The van der Waals surface area contributed by atoms with Crippen molar-refractivity contribution in [2.24, 2.45) is 5.92 Å². The number of fused-ring (bicyclic) bond motifs is 1. The van der Waals surface area contributed by atoms with Crippen LogP contribution in [0, 0.1) is 5.92 Å². The number of imidazole rings is 1. The number of nitrogens with one attached hydrogen (secondary N) is 2. The lowest BCUT2D eigenvalue weighted by Crippen LogP contribution is -2.43. The van der Waals surface area contributed by atoms with Crippen LogP contribution in [0.25, 0.3) is 22.4 Å². The number of nitrogens with zero attached hydrogens (tertiary/aromatic N) is 2. The lowest BCUT2D eigenvalue weighted by molar-refractivity contribution is -0.127. The molecule has 2 aromatic carbocycles. The summed E-state index contributed by atoms with van der Waals surface area (Å²) in [6, 6.07) is 15.9. The second kappa shape index (κ2) is 10.6. The summed E-state index contributed by atoms with van der Waals surface area (Å²) in [6.45, 7) is 1.51. The number of aromatic nitrogens is 2. The Hall–Kier alpha value is -3.15. The third-order valence-electron chi connectivity index (χ3n) is 7.65. The summed E-state index contributed by atoms with van der Waals surface area (Å²) >= 11 is 0. The number of rotatable bonds is 6. The zero-order valence-electron chi connectivity index (χ0n) is 20.6. The molecular weight excluding hydrogens is 436 g/mol. The largest absolute Gasteiger partial charge is 0.352 e. The molecule has 3 aromatic rings. The summed E-state index contributed by atoms with van der Waals surface area (Å²) in [6.07, 6.45) is 11.5. The molecule has 1 heterocycles. The van der Waals surface area contributed by atoms with Crippen LogP contribution in [0.5, 0.6) is 0 Å². The Morgan fingerprint density at radius 1 is 0.886 bits per heavy atom. The van der Waals surface area contributed by atoms with Gasteiger partial charge in [-0.25, -0.2) is 4.98 Å². The van der Waals surface area contributed by atoms with Crippen molar-refractivity contribution in [2.75, 3.05) is 5.32 Å². The van der Waals surface area contributed by atoms with E-state index >= 15 is 0 Å². The van der Waals surface area contributed by atoms with Gasteiger partial charge in [-0.15, -0.1) is 0 Å². The molecule has 1 unspecified atom stereocenters. The summed E-state index contributed by atoms with van der Waals surface area (Å²) in [5.74, 6) is 1.15. The van der Waals surface area contributed by atoms with Gasteiger partial charge in [0, 0.05) is 24.2 Å². The minimum absolute atomic E-state index is 0.0956. The van der Waals surface area contributed by atoms with Crippen LogP contribution in [0.2, 0.25) is 0 Å². The molecule has 1 atom stereocenters. The lowest BCUT2D eigenvalue weighted by Gasteiger charge is -2.33. The predicted molar refractivity (Wildman–Crippen MR) is 140 cm³/mol. The first-order valence-electron chi connectivity index (χ1n) is 13.3. The summed E-state index contributed by atoms with van der Waals surface area (Å²) in [5, 5.41) is 6.28. The molecule has 1 aromatic heterocycles. The van der Waals surface area contributed by atoms with E-state index in [0.717, 1.165) is 53.8 Å². The van der Waals surface area contributed by atoms with Crippen LogP contribution in [0.4, 0.5) is 5.69 Å². The Bertz CT molecular complexity index is 1170. The third-order valence-corrected chi connectivity index (χ3v) is 7.65. The molecule has 184 valence electrons. The number of hydrogen-bond donors (Lipinski definition) is 2. The van der Waals surface area contributed by atoms with E-state index in [2.05, 4.69) is 21.3 Å². The van der Waals surface area contributed by atoms with Crippen molar-refractivity contribution in [3.05, 3.63) is 48.5 Å². The Labute approximate surface area is 207 Å². The van der Waals surface area contributed by atoms with Crippen LogP contribution in [0.3, 0.4) is 0 Å². The lowest BCUT2D eigenvalue weighted by atomic mass is 9.82. The maximum absolute atomic E-state index is 14.0. The highest BCUT2D eigenvalue weighted by atomic mass is 16.2. The fraction of sp³-hybridized carbons (Fsp3) is 0.483. The van der Waals surface area contributed by atoms with E-state index in [4.69, 9.17) is 4.98 Å². The van der Waals surface area contributed by atoms with E-state index in [9.17, 15) is 9.59 Å². The third kappa shape index (κ3) is 5.26. The van der Waals surface area contributed by atoms with Crippen molar-refractivity contribution >= 4 is 28.5 Å². The maximum atomic E-state index is 14.0. The molecule has 2 fully saturated rings. The van der Waals surface area contributed by atoms with Crippen molar-refractivity contribution in [1.82, 2.24) is 14.9 Å². The first-order valence-corrected chi connectivity index (χ1v) is 13.3. The van der Waals surface area contributed by atoms with Gasteiger partial charge in [-0.2, -0.15) is 0 Å². The first-order chi connectivity index (χ1) is 17.1. The molecule has 0 spiro atoms. The van der Waals surface area contributed by atoms with Gasteiger partial charge in [0.2, 0.25) is 11.8 Å². The Kier molecular flexibility index (Phi) is 7.16. The van der Waals surface area contributed by atoms with E-state index < -0.39 is 0 Å². The fourth-order valence-corrected chi connectivity index (χ4v) is 5.96. The van der Waals surface area contributed by atoms with Gasteiger partial charge < -0.3 is 15.2 Å². The highest BCUT2D eigenvalue weighted by molar-refractivity contribution is 5.90. The standard InChI is InChI=1S/C29H36N4O2/c1-20(34)30-24-18-16-22(17-19-24)28-32-25-14-8-9-15-26(25)33(28)27(21-10-4-2-5-11-21)29(35)31-23-12-6-3-7-13-23/h8-9,14-19,21,23,27H,2-7,10-13H2,1H3,(H,30,34)(H,31,35). The van der Waals surface area contributed by atoms with Crippen molar-refractivity contribution in [3.8, 4) is 11.4 Å². The van der Waals surface area contributed by atoms with Crippen LogP contribution in [-0.4, -0.2) is 27.4 Å². The van der Waals surface area contributed by atoms with E-state index in [1.165, 1.54) is 45.4 Å². The van der Waals surface area contributed by atoms with Gasteiger partial charge in [0.15, 0.2) is 0 Å². The van der Waals surface area contributed by atoms with Gasteiger partial charge in [0.05, 0.1) is 11.0 Å². The summed E-state index contributed by atoms with van der Waals surface area (Å²) in [5.41, 5.74) is 3.60. The maximum Gasteiger partial charge on any atom is 0.243 e. The predicted octanol–water partition coefficient (Wildman–Crippen LogP) is 6.23. The van der Waals surface area contributed by atoms with Crippen LogP contribution >= 0.6 is 0 Å².